The highest BCUT2D eigenvalue weighted by molar-refractivity contribution is 5.22. The standard InChI is InChI=1S/C11H14/c1-3-7-10(2)11-8-5-4-6-9-11/h3-10H,1-2H3/b7-3+/t10-/m0/s1. The van der Waals surface area contributed by atoms with Gasteiger partial charge < -0.3 is 0 Å². The Labute approximate surface area is 68.6 Å². The lowest BCUT2D eigenvalue weighted by Crippen LogP contribution is -1.86. The van der Waals surface area contributed by atoms with Gasteiger partial charge in [0, 0.05) is 0 Å². The van der Waals surface area contributed by atoms with Gasteiger partial charge in [0.05, 0.1) is 0 Å². The molecule has 0 aliphatic rings. The predicted octanol–water partition coefficient (Wildman–Crippen LogP) is 3.37. The quantitative estimate of drug-likeness (QED) is 0.561. The number of allylic oxidation sites excluding steroid dienone is 2. The summed E-state index contributed by atoms with van der Waals surface area (Å²) in [7, 11) is 0. The lowest BCUT2D eigenvalue weighted by Gasteiger charge is -2.04. The fourth-order valence-corrected chi connectivity index (χ4v) is 1.16. The molecule has 58 valence electrons. The molecule has 0 aliphatic carbocycles. The lowest BCUT2D eigenvalue weighted by molar-refractivity contribution is 0.965. The Balaban J connectivity index is 2.76. The van der Waals surface area contributed by atoms with Gasteiger partial charge in [-0.3, -0.25) is 0 Å². The molecule has 1 rings (SSSR count). The molecule has 0 nitrogen and oxygen atoms in total. The first-order chi connectivity index (χ1) is 5.34. The molecule has 0 bridgehead atoms. The van der Waals surface area contributed by atoms with Gasteiger partial charge in [0.25, 0.3) is 0 Å². The van der Waals surface area contributed by atoms with Crippen LogP contribution in [0, 0.1) is 0 Å². The van der Waals surface area contributed by atoms with Gasteiger partial charge in [0.1, 0.15) is 0 Å². The molecular weight excluding hydrogens is 132 g/mol. The first kappa shape index (κ1) is 8.06. The zero-order valence-corrected chi connectivity index (χ0v) is 7.12. The molecule has 0 unspecified atom stereocenters. The van der Waals surface area contributed by atoms with Crippen molar-refractivity contribution < 1.29 is 0 Å². The fraction of sp³-hybridized carbons (Fsp3) is 0.273. The Morgan fingerprint density at radius 1 is 1.18 bits per heavy atom. The van der Waals surface area contributed by atoms with Gasteiger partial charge in [-0.05, 0) is 18.4 Å². The third-order valence-corrected chi connectivity index (χ3v) is 1.81. The summed E-state index contributed by atoms with van der Waals surface area (Å²) in [5.41, 5.74) is 1.38. The van der Waals surface area contributed by atoms with E-state index in [2.05, 4.69) is 50.3 Å². The van der Waals surface area contributed by atoms with Crippen LogP contribution in [0.5, 0.6) is 0 Å². The van der Waals surface area contributed by atoms with Crippen LogP contribution in [0.3, 0.4) is 0 Å². The minimum Gasteiger partial charge on any atom is -0.0911 e. The second-order valence-electron chi connectivity index (χ2n) is 2.73. The minimum absolute atomic E-state index is 0.543. The molecule has 0 radical (unpaired) electrons. The van der Waals surface area contributed by atoms with Crippen LogP contribution in [-0.4, -0.2) is 0 Å². The van der Waals surface area contributed by atoms with E-state index in [0.717, 1.165) is 0 Å². The van der Waals surface area contributed by atoms with Crippen LogP contribution in [0.2, 0.25) is 0 Å². The van der Waals surface area contributed by atoms with Crippen molar-refractivity contribution in [3.05, 3.63) is 48.0 Å². The Hall–Kier alpha value is -1.04. The summed E-state index contributed by atoms with van der Waals surface area (Å²) in [5, 5.41) is 0. The summed E-state index contributed by atoms with van der Waals surface area (Å²) in [5.74, 6) is 0.543. The molecule has 1 aromatic carbocycles. The number of benzene rings is 1. The molecule has 1 atom stereocenters. The van der Waals surface area contributed by atoms with E-state index in [-0.39, 0.29) is 0 Å². The Morgan fingerprint density at radius 2 is 1.82 bits per heavy atom. The van der Waals surface area contributed by atoms with Gasteiger partial charge in [-0.25, -0.2) is 0 Å². The average Bonchev–Trinajstić information content (AvgIpc) is 2.07. The molecular formula is C11H14. The average molecular weight is 146 g/mol. The SMILES string of the molecule is C/C=C/[C@H](C)c1ccccc1. The van der Waals surface area contributed by atoms with Gasteiger partial charge in [0.2, 0.25) is 0 Å². The molecule has 0 aliphatic heterocycles. The van der Waals surface area contributed by atoms with Gasteiger partial charge in [-0.15, -0.1) is 0 Å². The number of hydrogen-bond donors (Lipinski definition) is 0. The molecule has 0 fully saturated rings. The molecule has 0 heterocycles. The van der Waals surface area contributed by atoms with Crippen LogP contribution < -0.4 is 0 Å². The van der Waals surface area contributed by atoms with E-state index in [4.69, 9.17) is 0 Å². The van der Waals surface area contributed by atoms with Crippen LogP contribution >= 0.6 is 0 Å². The van der Waals surface area contributed by atoms with Crippen molar-refractivity contribution >= 4 is 0 Å². The highest BCUT2D eigenvalue weighted by Gasteiger charge is 1.97. The summed E-state index contributed by atoms with van der Waals surface area (Å²) >= 11 is 0. The monoisotopic (exact) mass is 146 g/mol. The van der Waals surface area contributed by atoms with E-state index in [1.807, 2.05) is 6.07 Å². The zero-order chi connectivity index (χ0) is 8.10. The van der Waals surface area contributed by atoms with Gasteiger partial charge >= 0.3 is 0 Å². The van der Waals surface area contributed by atoms with E-state index in [1.165, 1.54) is 5.56 Å². The highest BCUT2D eigenvalue weighted by Crippen LogP contribution is 2.14. The number of hydrogen-bond acceptors (Lipinski definition) is 0. The second-order valence-corrected chi connectivity index (χ2v) is 2.73. The first-order valence-electron chi connectivity index (χ1n) is 4.02. The lowest BCUT2D eigenvalue weighted by atomic mass is 10.0. The summed E-state index contributed by atoms with van der Waals surface area (Å²) in [6.07, 6.45) is 4.30. The third-order valence-electron chi connectivity index (χ3n) is 1.81. The van der Waals surface area contributed by atoms with Crippen molar-refractivity contribution in [2.24, 2.45) is 0 Å². The highest BCUT2D eigenvalue weighted by atomic mass is 14.0. The normalized spacial score (nSPS) is 13.6. The Morgan fingerprint density at radius 3 is 2.36 bits per heavy atom. The van der Waals surface area contributed by atoms with E-state index < -0.39 is 0 Å². The third kappa shape index (κ3) is 2.23. The van der Waals surface area contributed by atoms with E-state index in [9.17, 15) is 0 Å². The zero-order valence-electron chi connectivity index (χ0n) is 7.12. The first-order valence-corrected chi connectivity index (χ1v) is 4.02. The van der Waals surface area contributed by atoms with Crippen LogP contribution in [-0.2, 0) is 0 Å². The molecule has 1 aromatic rings. The van der Waals surface area contributed by atoms with Crippen molar-refractivity contribution in [2.45, 2.75) is 19.8 Å². The maximum atomic E-state index is 2.20. The number of rotatable bonds is 2. The van der Waals surface area contributed by atoms with Crippen molar-refractivity contribution in [2.75, 3.05) is 0 Å². The van der Waals surface area contributed by atoms with E-state index in [0.29, 0.717) is 5.92 Å². The van der Waals surface area contributed by atoms with Crippen molar-refractivity contribution in [3.8, 4) is 0 Å². The molecule has 11 heavy (non-hydrogen) atoms. The fourth-order valence-electron chi connectivity index (χ4n) is 1.16. The van der Waals surface area contributed by atoms with Gasteiger partial charge in [0.15, 0.2) is 0 Å². The Bertz CT molecular complexity index is 221. The maximum Gasteiger partial charge on any atom is -0.00105 e. The van der Waals surface area contributed by atoms with E-state index >= 15 is 0 Å². The molecule has 0 heteroatoms. The minimum atomic E-state index is 0.543. The van der Waals surface area contributed by atoms with Crippen LogP contribution in [0.1, 0.15) is 25.3 Å². The van der Waals surface area contributed by atoms with Crippen LogP contribution in [0.4, 0.5) is 0 Å². The second kappa shape index (κ2) is 3.97. The molecule has 0 saturated carbocycles. The smallest absolute Gasteiger partial charge is 0.00105 e. The Kier molecular flexibility index (Phi) is 2.91. The predicted molar refractivity (Wildman–Crippen MR) is 49.7 cm³/mol. The summed E-state index contributed by atoms with van der Waals surface area (Å²) in [6.45, 7) is 4.26. The van der Waals surface area contributed by atoms with Crippen LogP contribution in [0.15, 0.2) is 42.5 Å². The topological polar surface area (TPSA) is 0 Å². The largest absolute Gasteiger partial charge is 0.0911 e. The van der Waals surface area contributed by atoms with Gasteiger partial charge in [-0.1, -0.05) is 49.4 Å². The van der Waals surface area contributed by atoms with Gasteiger partial charge in [-0.2, -0.15) is 0 Å². The maximum absolute atomic E-state index is 2.20. The summed E-state index contributed by atoms with van der Waals surface area (Å²) in [4.78, 5) is 0. The van der Waals surface area contributed by atoms with Crippen molar-refractivity contribution in [1.29, 1.82) is 0 Å². The molecule has 0 saturated heterocycles. The van der Waals surface area contributed by atoms with Crippen molar-refractivity contribution in [3.63, 3.8) is 0 Å². The summed E-state index contributed by atoms with van der Waals surface area (Å²) in [6, 6.07) is 10.5. The summed E-state index contributed by atoms with van der Waals surface area (Å²) < 4.78 is 0. The molecule has 0 aromatic heterocycles. The van der Waals surface area contributed by atoms with E-state index in [1.54, 1.807) is 0 Å². The van der Waals surface area contributed by atoms with Crippen molar-refractivity contribution in [1.82, 2.24) is 0 Å². The molecule has 0 spiro atoms. The van der Waals surface area contributed by atoms with Crippen LogP contribution in [0.25, 0.3) is 0 Å². The molecule has 0 amide bonds. The molecule has 0 N–H and O–H groups in total.